The topological polar surface area (TPSA) is 42.0 Å². The maximum atomic E-state index is 13.1. The van der Waals surface area contributed by atoms with E-state index in [2.05, 4.69) is 32.6 Å². The van der Waals surface area contributed by atoms with Crippen molar-refractivity contribution >= 4 is 5.91 Å². The number of benzene rings is 1. The van der Waals surface area contributed by atoms with Gasteiger partial charge in [-0.1, -0.05) is 18.2 Å². The highest BCUT2D eigenvalue weighted by atomic mass is 16.5. The lowest BCUT2D eigenvalue weighted by Gasteiger charge is -2.50. The molecule has 1 aromatic rings. The number of nitrogens with zero attached hydrogens (tertiary/aromatic N) is 2. The van der Waals surface area contributed by atoms with Crippen molar-refractivity contribution in [2.75, 3.05) is 39.3 Å². The van der Waals surface area contributed by atoms with E-state index in [4.69, 9.17) is 9.47 Å². The van der Waals surface area contributed by atoms with Crippen molar-refractivity contribution in [1.82, 2.24) is 9.80 Å². The van der Waals surface area contributed by atoms with Crippen LogP contribution in [0.5, 0.6) is 0 Å². The molecule has 1 atom stereocenters. The van der Waals surface area contributed by atoms with Crippen molar-refractivity contribution < 1.29 is 14.3 Å². The van der Waals surface area contributed by atoms with Gasteiger partial charge < -0.3 is 19.3 Å². The summed E-state index contributed by atoms with van der Waals surface area (Å²) >= 11 is 0. The minimum Gasteiger partial charge on any atom is -0.377 e. The van der Waals surface area contributed by atoms with E-state index in [-0.39, 0.29) is 23.2 Å². The largest absolute Gasteiger partial charge is 0.377 e. The molecule has 0 radical (unpaired) electrons. The third kappa shape index (κ3) is 5.56. The Kier molecular flexibility index (Phi) is 6.79. The van der Waals surface area contributed by atoms with Gasteiger partial charge in [-0.25, -0.2) is 0 Å². The average Bonchev–Trinajstić information content (AvgIpc) is 2.82. The van der Waals surface area contributed by atoms with Gasteiger partial charge >= 0.3 is 0 Å². The number of hydrogen-bond donors (Lipinski definition) is 0. The Morgan fingerprint density at radius 2 is 1.89 bits per heavy atom. The van der Waals surface area contributed by atoms with Crippen LogP contribution in [-0.2, 0) is 9.47 Å². The third-order valence-corrected chi connectivity index (χ3v) is 5.70. The summed E-state index contributed by atoms with van der Waals surface area (Å²) in [5.74, 6) is 0.114. The molecule has 2 aliphatic rings. The maximum absolute atomic E-state index is 13.1. The zero-order valence-corrected chi connectivity index (χ0v) is 17.9. The highest BCUT2D eigenvalue weighted by Crippen LogP contribution is 2.37. The molecule has 0 saturated carbocycles. The van der Waals surface area contributed by atoms with E-state index < -0.39 is 0 Å². The van der Waals surface area contributed by atoms with Crippen molar-refractivity contribution in [3.63, 3.8) is 0 Å². The number of ether oxygens (including phenoxy) is 2. The van der Waals surface area contributed by atoms with Gasteiger partial charge in [0.15, 0.2) is 0 Å². The van der Waals surface area contributed by atoms with Crippen LogP contribution in [0.2, 0.25) is 0 Å². The number of rotatable bonds is 5. The van der Waals surface area contributed by atoms with E-state index >= 15 is 0 Å². The van der Waals surface area contributed by atoms with Crippen molar-refractivity contribution in [2.24, 2.45) is 0 Å². The first-order valence-electron chi connectivity index (χ1n) is 10.7. The molecule has 5 heteroatoms. The average molecular weight is 389 g/mol. The van der Waals surface area contributed by atoms with Gasteiger partial charge in [0.05, 0.1) is 30.5 Å². The molecule has 1 amide bonds. The van der Waals surface area contributed by atoms with Crippen molar-refractivity contribution in [1.29, 1.82) is 0 Å². The van der Waals surface area contributed by atoms with E-state index in [9.17, 15) is 4.79 Å². The Morgan fingerprint density at radius 1 is 1.14 bits per heavy atom. The van der Waals surface area contributed by atoms with Gasteiger partial charge in [-0.05, 0) is 65.6 Å². The number of hydrogen-bond acceptors (Lipinski definition) is 4. The molecule has 0 aromatic heterocycles. The summed E-state index contributed by atoms with van der Waals surface area (Å²) in [4.78, 5) is 17.6. The first-order valence-corrected chi connectivity index (χ1v) is 10.7. The van der Waals surface area contributed by atoms with Crippen LogP contribution in [0.4, 0.5) is 0 Å². The predicted octanol–water partition coefficient (Wildman–Crippen LogP) is 3.59. The minimum atomic E-state index is -0.335. The van der Waals surface area contributed by atoms with Gasteiger partial charge in [0, 0.05) is 25.2 Å². The molecular formula is C23H36N2O3. The van der Waals surface area contributed by atoms with E-state index in [0.29, 0.717) is 13.1 Å². The van der Waals surface area contributed by atoms with Gasteiger partial charge in [-0.3, -0.25) is 4.79 Å². The third-order valence-electron chi connectivity index (χ3n) is 5.70. The van der Waals surface area contributed by atoms with Gasteiger partial charge in [-0.2, -0.15) is 0 Å². The highest BCUT2D eigenvalue weighted by molar-refractivity contribution is 5.94. The fourth-order valence-corrected chi connectivity index (χ4v) is 4.55. The van der Waals surface area contributed by atoms with Gasteiger partial charge in [0.2, 0.25) is 0 Å². The van der Waals surface area contributed by atoms with Crippen LogP contribution in [0.3, 0.4) is 0 Å². The molecule has 1 spiro atoms. The number of amides is 1. The normalized spacial score (nSPS) is 25.8. The van der Waals surface area contributed by atoms with Crippen LogP contribution < -0.4 is 0 Å². The SMILES string of the molecule is CC(C)OCCN1CCCC2(CC1)CN(C(=O)c1ccccc1)CC(C)(C)O2. The first kappa shape index (κ1) is 21.3. The predicted molar refractivity (Wildman–Crippen MR) is 112 cm³/mol. The van der Waals surface area contributed by atoms with E-state index in [1.165, 1.54) is 0 Å². The Morgan fingerprint density at radius 3 is 2.61 bits per heavy atom. The second-order valence-corrected chi connectivity index (χ2v) is 9.19. The van der Waals surface area contributed by atoms with E-state index in [1.54, 1.807) is 0 Å². The molecule has 0 N–H and O–H groups in total. The molecule has 2 saturated heterocycles. The molecule has 2 aliphatic heterocycles. The molecule has 28 heavy (non-hydrogen) atoms. The lowest BCUT2D eigenvalue weighted by atomic mass is 9.88. The molecule has 0 bridgehead atoms. The molecular weight excluding hydrogens is 352 g/mol. The maximum Gasteiger partial charge on any atom is 0.254 e. The zero-order chi connectivity index (χ0) is 20.2. The molecule has 1 unspecified atom stereocenters. The Hall–Kier alpha value is -1.43. The lowest BCUT2D eigenvalue weighted by Crippen LogP contribution is -2.61. The fourth-order valence-electron chi connectivity index (χ4n) is 4.55. The van der Waals surface area contributed by atoms with Gasteiger partial charge in [-0.15, -0.1) is 0 Å². The van der Waals surface area contributed by atoms with Crippen LogP contribution in [0.25, 0.3) is 0 Å². The summed E-state index contributed by atoms with van der Waals surface area (Å²) in [7, 11) is 0. The zero-order valence-electron chi connectivity index (χ0n) is 17.9. The summed E-state index contributed by atoms with van der Waals surface area (Å²) < 4.78 is 12.4. The molecule has 2 fully saturated rings. The minimum absolute atomic E-state index is 0.114. The number of carbonyl (C=O) groups is 1. The summed E-state index contributed by atoms with van der Waals surface area (Å²) in [5.41, 5.74) is 0.176. The standard InChI is InChI=1S/C23H36N2O3/c1-19(2)27-16-15-24-13-8-11-23(12-14-24)18-25(17-22(3,4)28-23)21(26)20-9-6-5-7-10-20/h5-7,9-10,19H,8,11-18H2,1-4H3. The summed E-state index contributed by atoms with van der Waals surface area (Å²) in [6.07, 6.45) is 3.32. The van der Waals surface area contributed by atoms with Crippen molar-refractivity contribution in [3.05, 3.63) is 35.9 Å². The van der Waals surface area contributed by atoms with E-state index in [1.807, 2.05) is 35.2 Å². The summed E-state index contributed by atoms with van der Waals surface area (Å²) in [6.45, 7) is 13.5. The first-order chi connectivity index (χ1) is 13.3. The van der Waals surface area contributed by atoms with Crippen molar-refractivity contribution in [2.45, 2.75) is 64.3 Å². The van der Waals surface area contributed by atoms with E-state index in [0.717, 1.165) is 51.1 Å². The quantitative estimate of drug-likeness (QED) is 0.773. The molecule has 3 rings (SSSR count). The summed E-state index contributed by atoms with van der Waals surface area (Å²) in [6, 6.07) is 9.61. The molecule has 2 heterocycles. The van der Waals surface area contributed by atoms with Crippen LogP contribution >= 0.6 is 0 Å². The smallest absolute Gasteiger partial charge is 0.254 e. The van der Waals surface area contributed by atoms with Crippen LogP contribution in [0, 0.1) is 0 Å². The van der Waals surface area contributed by atoms with Crippen LogP contribution in [0.15, 0.2) is 30.3 Å². The number of carbonyl (C=O) groups excluding carboxylic acids is 1. The molecule has 156 valence electrons. The fraction of sp³-hybridized carbons (Fsp3) is 0.696. The number of likely N-dealkylation sites (tertiary alicyclic amines) is 1. The van der Waals surface area contributed by atoms with Crippen LogP contribution in [0.1, 0.15) is 57.3 Å². The monoisotopic (exact) mass is 388 g/mol. The lowest BCUT2D eigenvalue weighted by molar-refractivity contribution is -0.192. The second kappa shape index (κ2) is 8.93. The van der Waals surface area contributed by atoms with Gasteiger partial charge in [0.1, 0.15) is 0 Å². The molecule has 0 aliphatic carbocycles. The Balaban J connectivity index is 1.67. The Bertz CT molecular complexity index is 647. The number of morpholine rings is 1. The van der Waals surface area contributed by atoms with Crippen molar-refractivity contribution in [3.8, 4) is 0 Å². The Labute approximate surface area is 170 Å². The van der Waals surface area contributed by atoms with Gasteiger partial charge in [0.25, 0.3) is 5.91 Å². The highest BCUT2D eigenvalue weighted by Gasteiger charge is 2.46. The second-order valence-electron chi connectivity index (χ2n) is 9.19. The van der Waals surface area contributed by atoms with Crippen LogP contribution in [-0.4, -0.2) is 72.3 Å². The molecule has 5 nitrogen and oxygen atoms in total. The summed E-state index contributed by atoms with van der Waals surface area (Å²) in [5, 5.41) is 0. The molecule has 1 aromatic carbocycles.